The van der Waals surface area contributed by atoms with Crippen LogP contribution in [0.1, 0.15) is 20.3 Å². The fourth-order valence-corrected chi connectivity index (χ4v) is 6.53. The molecule has 1 aliphatic heterocycles. The molecule has 1 aliphatic rings. The molecular weight excluding hydrogens is 567 g/mol. The number of fused-ring (bicyclic) bond motifs is 1. The largest absolute Gasteiger partial charge is 0.490 e. The molecule has 0 bridgehead atoms. The minimum Gasteiger partial charge on any atom is -0.387 e. The fourth-order valence-electron chi connectivity index (χ4n) is 3.50. The van der Waals surface area contributed by atoms with Crippen molar-refractivity contribution >= 4 is 40.6 Å². The van der Waals surface area contributed by atoms with Crippen LogP contribution in [0, 0.1) is 0 Å². The van der Waals surface area contributed by atoms with Crippen molar-refractivity contribution in [1.29, 1.82) is 0 Å². The van der Waals surface area contributed by atoms with E-state index in [0.29, 0.717) is 0 Å². The zero-order chi connectivity index (χ0) is 28.0. The van der Waals surface area contributed by atoms with Crippen LogP contribution in [-0.2, 0) is 37.3 Å². The summed E-state index contributed by atoms with van der Waals surface area (Å²) in [5.41, 5.74) is 3.49. The molecule has 2 aromatic rings. The van der Waals surface area contributed by atoms with E-state index < -0.39 is 59.7 Å². The lowest BCUT2D eigenvalue weighted by Gasteiger charge is -2.33. The smallest absolute Gasteiger partial charge is 0.387 e. The Kier molecular flexibility index (Phi) is 8.35. The molecule has 19 nitrogen and oxygen atoms in total. The summed E-state index contributed by atoms with van der Waals surface area (Å²) in [5.74, 6) is -0.283. The van der Waals surface area contributed by atoms with Gasteiger partial charge < -0.3 is 40.3 Å². The number of imidazole rings is 1. The third-order valence-corrected chi connectivity index (χ3v) is 8.78. The second-order valence-electron chi connectivity index (χ2n) is 8.05. The molecule has 0 radical (unpaired) electrons. The van der Waals surface area contributed by atoms with Crippen molar-refractivity contribution in [1.82, 2.24) is 19.5 Å². The predicted octanol–water partition coefficient (Wildman–Crippen LogP) is -0.825. The van der Waals surface area contributed by atoms with Gasteiger partial charge in [0.15, 0.2) is 16.9 Å². The number of hydrogen-bond acceptors (Lipinski definition) is 13. The van der Waals surface area contributed by atoms with Crippen molar-refractivity contribution in [2.24, 2.45) is 0 Å². The molecule has 0 amide bonds. The van der Waals surface area contributed by atoms with Crippen LogP contribution in [-0.4, -0.2) is 74.2 Å². The van der Waals surface area contributed by atoms with E-state index in [2.05, 4.69) is 28.1 Å². The first kappa shape index (κ1) is 29.7. The van der Waals surface area contributed by atoms with Crippen LogP contribution in [0.5, 0.6) is 0 Å². The highest BCUT2D eigenvalue weighted by Crippen LogP contribution is 2.66. The van der Waals surface area contributed by atoms with Gasteiger partial charge in [-0.25, -0.2) is 18.7 Å². The van der Waals surface area contributed by atoms with Gasteiger partial charge in [0, 0.05) is 6.42 Å². The summed E-state index contributed by atoms with van der Waals surface area (Å²) in [7, 11) is -16.9. The molecule has 2 unspecified atom stereocenters. The van der Waals surface area contributed by atoms with Crippen molar-refractivity contribution in [3.63, 3.8) is 0 Å². The number of aliphatic hydroxyl groups is 2. The van der Waals surface area contributed by atoms with Crippen LogP contribution in [0.3, 0.4) is 0 Å². The molecule has 0 saturated carbocycles. The molecule has 3 rings (SSSR count). The highest BCUT2D eigenvalue weighted by molar-refractivity contribution is 7.66. The van der Waals surface area contributed by atoms with Crippen molar-refractivity contribution in [2.75, 3.05) is 12.3 Å². The molecule has 37 heavy (non-hydrogen) atoms. The normalized spacial score (nSPS) is 27.6. The lowest BCUT2D eigenvalue weighted by molar-refractivity contribution is -0.142. The van der Waals surface area contributed by atoms with Gasteiger partial charge in [-0.15, -0.1) is 0 Å². The maximum absolute atomic E-state index is 12.2. The van der Waals surface area contributed by atoms with E-state index in [1.165, 1.54) is 0 Å². The number of nitrogens with two attached hydrogens (primary N) is 1. The number of nitrogens with one attached hydrogen (secondary N) is 1. The number of aromatic nitrogens is 4. The van der Waals surface area contributed by atoms with Gasteiger partial charge in [-0.3, -0.25) is 18.9 Å². The number of hydrogen-bond donors (Lipinski definition) is 8. The summed E-state index contributed by atoms with van der Waals surface area (Å²) < 4.78 is 53.1. The number of phosphoric ester groups is 1. The lowest BCUT2D eigenvalue weighted by Crippen LogP contribution is -2.45. The number of anilines is 1. The number of aromatic amines is 1. The van der Waals surface area contributed by atoms with E-state index in [1.54, 1.807) is 19.9 Å². The summed E-state index contributed by atoms with van der Waals surface area (Å²) in [5, 5.41) is 21.7. The Morgan fingerprint density at radius 3 is 2.46 bits per heavy atom. The summed E-state index contributed by atoms with van der Waals surface area (Å²) in [6.07, 6.45) is -2.61. The van der Waals surface area contributed by atoms with Gasteiger partial charge in [0.05, 0.1) is 12.9 Å². The summed E-state index contributed by atoms with van der Waals surface area (Å²) >= 11 is 0. The molecule has 1 fully saturated rings. The zero-order valence-electron chi connectivity index (χ0n) is 19.0. The number of ether oxygens (including phenoxy) is 1. The molecule has 22 heteroatoms. The molecule has 6 atom stereocenters. The molecule has 208 valence electrons. The van der Waals surface area contributed by atoms with Crippen LogP contribution in [0.15, 0.2) is 22.8 Å². The summed E-state index contributed by atoms with van der Waals surface area (Å²) in [4.78, 5) is 58.6. The number of aliphatic hydroxyl groups excluding tert-OH is 2. The molecule has 2 aromatic heterocycles. The number of allylic oxidation sites excluding steroid dienone is 1. The Morgan fingerprint density at radius 2 is 1.86 bits per heavy atom. The quantitative estimate of drug-likeness (QED) is 0.123. The number of phosphoric acid groups is 3. The summed E-state index contributed by atoms with van der Waals surface area (Å²) in [6.45, 7) is 2.41. The van der Waals surface area contributed by atoms with Crippen molar-refractivity contribution in [3.8, 4) is 0 Å². The second-order valence-corrected chi connectivity index (χ2v) is 12.5. The summed E-state index contributed by atoms with van der Waals surface area (Å²) in [6, 6.07) is 0. The first-order valence-corrected chi connectivity index (χ1v) is 14.6. The Hall–Kier alpha value is -1.82. The third kappa shape index (κ3) is 6.79. The van der Waals surface area contributed by atoms with Crippen molar-refractivity contribution in [3.05, 3.63) is 28.3 Å². The van der Waals surface area contributed by atoms with Crippen molar-refractivity contribution < 1.29 is 61.4 Å². The topological polar surface area (TPSA) is 299 Å². The monoisotopic (exact) mass is 591 g/mol. The minimum absolute atomic E-state index is 0.122. The minimum atomic E-state index is -5.77. The number of H-pyrrole nitrogens is 1. The maximum Gasteiger partial charge on any atom is 0.490 e. The highest BCUT2D eigenvalue weighted by atomic mass is 31.3. The van der Waals surface area contributed by atoms with Gasteiger partial charge in [0.1, 0.15) is 18.3 Å². The van der Waals surface area contributed by atoms with Crippen molar-refractivity contribution in [2.45, 2.75) is 44.3 Å². The number of rotatable bonds is 10. The Labute approximate surface area is 207 Å². The zero-order valence-corrected chi connectivity index (χ0v) is 21.7. The Morgan fingerprint density at radius 1 is 1.22 bits per heavy atom. The molecule has 1 saturated heterocycles. The van der Waals surface area contributed by atoms with Crippen LogP contribution < -0.4 is 11.3 Å². The van der Waals surface area contributed by atoms with Gasteiger partial charge in [-0.05, 0) is 13.8 Å². The average Bonchev–Trinajstić information content (AvgIpc) is 3.23. The van der Waals surface area contributed by atoms with Crippen LogP contribution in [0.4, 0.5) is 5.95 Å². The van der Waals surface area contributed by atoms with E-state index in [9.17, 15) is 38.5 Å². The lowest BCUT2D eigenvalue weighted by atomic mass is 9.98. The third-order valence-electron chi connectivity index (χ3n) is 4.98. The SMILES string of the molecule is CC(C)=CC[C@@]1(n2cnc3c(=O)[nH]c(N)nc32)O[C@H](COP(=O)(O)OP(=O)(O)OP(=O)(O)O)[C@@H](O)[C@H]1O. The Bertz CT molecular complexity index is 1400. The molecule has 9 N–H and O–H groups in total. The molecule has 3 heterocycles. The van der Waals surface area contributed by atoms with Gasteiger partial charge in [0.2, 0.25) is 5.95 Å². The van der Waals surface area contributed by atoms with E-state index in [0.717, 1.165) is 16.5 Å². The van der Waals surface area contributed by atoms with E-state index in [1.807, 2.05) is 0 Å². The maximum atomic E-state index is 12.2. The average molecular weight is 591 g/mol. The molecular formula is C15H24N5O14P3. The highest BCUT2D eigenvalue weighted by Gasteiger charge is 2.56. The van der Waals surface area contributed by atoms with Crippen LogP contribution in [0.2, 0.25) is 0 Å². The van der Waals surface area contributed by atoms with Crippen LogP contribution >= 0.6 is 23.5 Å². The van der Waals surface area contributed by atoms with Gasteiger partial charge >= 0.3 is 23.5 Å². The number of nitrogen functional groups attached to an aromatic ring is 1. The number of nitrogens with zero attached hydrogens (tertiary/aromatic N) is 3. The molecule has 0 aromatic carbocycles. The van der Waals surface area contributed by atoms with E-state index in [-0.39, 0.29) is 23.5 Å². The van der Waals surface area contributed by atoms with Gasteiger partial charge in [0.25, 0.3) is 5.56 Å². The van der Waals surface area contributed by atoms with Gasteiger partial charge in [-0.1, -0.05) is 11.6 Å². The Balaban J connectivity index is 1.92. The second kappa shape index (κ2) is 10.4. The molecule has 0 aliphatic carbocycles. The van der Waals surface area contributed by atoms with E-state index >= 15 is 0 Å². The fraction of sp³-hybridized carbons (Fsp3) is 0.533. The standard InChI is InChI=1S/C15H24N5O14P3/c1-7(2)3-4-15(20-6-17-9-12(20)18-14(16)19-13(9)23)11(22)10(21)8(32-15)5-31-36(27,28)34-37(29,30)33-35(24,25)26/h3,6,8,10-11,21-22H,4-5H2,1-2H3,(H,27,28)(H,29,30)(H2,24,25,26)(H3,16,18,19,23)/t8-,10-,11-,15-/m1/s1. The predicted molar refractivity (Wildman–Crippen MR) is 121 cm³/mol. The van der Waals surface area contributed by atoms with E-state index in [4.69, 9.17) is 20.3 Å². The first-order chi connectivity index (χ1) is 16.9. The van der Waals surface area contributed by atoms with Gasteiger partial charge in [-0.2, -0.15) is 13.6 Å². The molecule has 0 spiro atoms. The first-order valence-electron chi connectivity index (χ1n) is 10.0. The van der Waals surface area contributed by atoms with Crippen LogP contribution in [0.25, 0.3) is 11.2 Å².